The van der Waals surface area contributed by atoms with Gasteiger partial charge in [-0.1, -0.05) is 71.7 Å². The van der Waals surface area contributed by atoms with Crippen molar-refractivity contribution in [3.8, 4) is 23.0 Å². The molecule has 0 unspecified atom stereocenters. The first kappa shape index (κ1) is 18.1. The van der Waals surface area contributed by atoms with Crippen LogP contribution in [0.5, 0.6) is 0 Å². The molecule has 0 saturated carbocycles. The van der Waals surface area contributed by atoms with Crippen LogP contribution in [-0.4, -0.2) is 24.2 Å². The number of nitrogens with one attached hydrogen (secondary N) is 1. The highest BCUT2D eigenvalue weighted by Crippen LogP contribution is 2.44. The Morgan fingerprint density at radius 3 is 2.43 bits per heavy atom. The lowest BCUT2D eigenvalue weighted by Crippen LogP contribution is -2.26. The number of hydrogen-bond donors (Lipinski definition) is 2. The van der Waals surface area contributed by atoms with Crippen molar-refractivity contribution >= 4 is 22.6 Å². The van der Waals surface area contributed by atoms with Crippen molar-refractivity contribution in [2.75, 3.05) is 18.9 Å². The van der Waals surface area contributed by atoms with Crippen LogP contribution in [-0.2, 0) is 4.74 Å². The maximum atomic E-state index is 12.1. The second-order valence-corrected chi connectivity index (χ2v) is 7.48. The molecule has 0 fully saturated rings. The number of nitrogens with two attached hydrogens (primary N) is 1. The largest absolute Gasteiger partial charge is 0.449 e. The number of nitrogens with zero attached hydrogens (tertiary/aromatic N) is 1. The predicted octanol–water partition coefficient (Wildman–Crippen LogP) is 3.92. The molecule has 0 bridgehead atoms. The number of aryl methyl sites for hydroxylation is 1. The Morgan fingerprint density at radius 1 is 1.18 bits per heavy atom. The van der Waals surface area contributed by atoms with Crippen LogP contribution in [0.4, 0.5) is 9.93 Å². The second-order valence-electron chi connectivity index (χ2n) is 6.45. The van der Waals surface area contributed by atoms with Crippen molar-refractivity contribution in [3.05, 3.63) is 70.2 Å². The van der Waals surface area contributed by atoms with Gasteiger partial charge in [0.15, 0.2) is 5.13 Å². The third-order valence-corrected chi connectivity index (χ3v) is 5.58. The summed E-state index contributed by atoms with van der Waals surface area (Å²) < 4.78 is 5.47. The van der Waals surface area contributed by atoms with Crippen LogP contribution >= 0.6 is 11.3 Å². The number of carbonyl (C=O) groups is 1. The highest BCUT2D eigenvalue weighted by atomic mass is 32.1. The first-order chi connectivity index (χ1) is 13.6. The molecular formula is C22H19N3O2S. The summed E-state index contributed by atoms with van der Waals surface area (Å²) >= 11 is 1.34. The third kappa shape index (κ3) is 3.57. The summed E-state index contributed by atoms with van der Waals surface area (Å²) in [5, 5.41) is 3.16. The fourth-order valence-corrected chi connectivity index (χ4v) is 4.13. The minimum absolute atomic E-state index is 0.0482. The summed E-state index contributed by atoms with van der Waals surface area (Å²) in [5.41, 5.74) is 11.2. The monoisotopic (exact) mass is 389 g/mol. The lowest BCUT2D eigenvalue weighted by Gasteiger charge is -2.14. The van der Waals surface area contributed by atoms with E-state index in [2.05, 4.69) is 46.4 Å². The highest BCUT2D eigenvalue weighted by Gasteiger charge is 2.28. The molecule has 1 heterocycles. The van der Waals surface area contributed by atoms with Crippen molar-refractivity contribution in [2.24, 2.45) is 0 Å². The standard InChI is InChI=1S/C22H19N3O2S/c1-14-20(28-21(23)25-14)11-6-12-24-22(26)27-13-19-17-9-4-2-7-15(17)16-8-3-5-10-18(16)19/h2-5,7-10,19H,12-13H2,1H3,(H2,23,25)(H,24,26). The van der Waals surface area contributed by atoms with Gasteiger partial charge in [-0.25, -0.2) is 9.78 Å². The molecule has 0 aliphatic heterocycles. The number of thiazole rings is 1. The Bertz CT molecular complexity index is 1050. The first-order valence-corrected chi connectivity index (χ1v) is 9.75. The number of carbonyl (C=O) groups excluding carboxylic acids is 1. The van der Waals surface area contributed by atoms with Gasteiger partial charge in [-0.2, -0.15) is 0 Å². The van der Waals surface area contributed by atoms with Gasteiger partial charge in [-0.3, -0.25) is 0 Å². The Morgan fingerprint density at radius 2 is 1.82 bits per heavy atom. The molecule has 1 aliphatic carbocycles. The van der Waals surface area contributed by atoms with Gasteiger partial charge in [-0.15, -0.1) is 0 Å². The Hall–Kier alpha value is -3.30. The fourth-order valence-electron chi connectivity index (χ4n) is 3.42. The van der Waals surface area contributed by atoms with E-state index >= 15 is 0 Å². The number of rotatable bonds is 3. The van der Waals surface area contributed by atoms with Gasteiger partial charge >= 0.3 is 6.09 Å². The topological polar surface area (TPSA) is 77.2 Å². The van der Waals surface area contributed by atoms with Gasteiger partial charge in [-0.05, 0) is 29.2 Å². The Balaban J connectivity index is 1.36. The molecule has 0 spiro atoms. The number of anilines is 1. The summed E-state index contributed by atoms with van der Waals surface area (Å²) in [5.74, 6) is 5.92. The molecule has 2 aromatic carbocycles. The molecule has 28 heavy (non-hydrogen) atoms. The number of amides is 1. The van der Waals surface area contributed by atoms with Gasteiger partial charge in [0.25, 0.3) is 0 Å². The first-order valence-electron chi connectivity index (χ1n) is 8.94. The zero-order valence-electron chi connectivity index (χ0n) is 15.4. The molecule has 3 N–H and O–H groups in total. The summed E-state index contributed by atoms with van der Waals surface area (Å²) in [6, 6.07) is 16.5. The van der Waals surface area contributed by atoms with E-state index in [1.165, 1.54) is 33.6 Å². The zero-order chi connectivity index (χ0) is 19.5. The predicted molar refractivity (Wildman–Crippen MR) is 111 cm³/mol. The van der Waals surface area contributed by atoms with E-state index in [-0.39, 0.29) is 19.1 Å². The lowest BCUT2D eigenvalue weighted by atomic mass is 9.98. The molecule has 4 rings (SSSR count). The van der Waals surface area contributed by atoms with E-state index in [0.29, 0.717) is 5.13 Å². The van der Waals surface area contributed by atoms with Crippen molar-refractivity contribution in [3.63, 3.8) is 0 Å². The number of nitrogen functional groups attached to an aromatic ring is 1. The fraction of sp³-hybridized carbons (Fsp3) is 0.182. The Labute approximate surface area is 167 Å². The van der Waals surface area contributed by atoms with Gasteiger partial charge in [0.05, 0.1) is 12.2 Å². The Kier molecular flexibility index (Phi) is 5.00. The average Bonchev–Trinajstić information content (AvgIpc) is 3.20. The van der Waals surface area contributed by atoms with Crippen molar-refractivity contribution in [2.45, 2.75) is 12.8 Å². The normalized spacial score (nSPS) is 11.9. The van der Waals surface area contributed by atoms with Gasteiger partial charge in [0, 0.05) is 5.92 Å². The molecule has 6 heteroatoms. The molecule has 3 aromatic rings. The summed E-state index contributed by atoms with van der Waals surface area (Å²) in [6.07, 6.45) is -0.475. The van der Waals surface area contributed by atoms with Gasteiger partial charge in [0.2, 0.25) is 0 Å². The van der Waals surface area contributed by atoms with Crippen molar-refractivity contribution < 1.29 is 9.53 Å². The van der Waals surface area contributed by atoms with E-state index in [1.54, 1.807) is 0 Å². The van der Waals surface area contributed by atoms with Crippen molar-refractivity contribution in [1.29, 1.82) is 0 Å². The number of fused-ring (bicyclic) bond motifs is 3. The number of ether oxygens (including phenoxy) is 1. The summed E-state index contributed by atoms with van der Waals surface area (Å²) in [6.45, 7) is 2.35. The highest BCUT2D eigenvalue weighted by molar-refractivity contribution is 7.16. The molecule has 0 saturated heterocycles. The van der Waals surface area contributed by atoms with Crippen LogP contribution in [0.2, 0.25) is 0 Å². The van der Waals surface area contributed by atoms with Crippen molar-refractivity contribution in [1.82, 2.24) is 10.3 Å². The molecule has 5 nitrogen and oxygen atoms in total. The van der Waals surface area contributed by atoms with Gasteiger partial charge in [0.1, 0.15) is 11.5 Å². The van der Waals surface area contributed by atoms with Crippen LogP contribution in [0.15, 0.2) is 48.5 Å². The van der Waals surface area contributed by atoms with Crippen LogP contribution in [0, 0.1) is 18.8 Å². The SMILES string of the molecule is Cc1nc(N)sc1C#CCNC(=O)OCC1c2ccccc2-c2ccccc21. The minimum Gasteiger partial charge on any atom is -0.449 e. The molecule has 1 amide bonds. The van der Waals surface area contributed by atoms with Crippen LogP contribution in [0.3, 0.4) is 0 Å². The summed E-state index contributed by atoms with van der Waals surface area (Å²) in [4.78, 5) is 17.0. The molecule has 1 aromatic heterocycles. The van der Waals surface area contributed by atoms with E-state index in [4.69, 9.17) is 10.5 Å². The summed E-state index contributed by atoms with van der Waals surface area (Å²) in [7, 11) is 0. The zero-order valence-corrected chi connectivity index (χ0v) is 16.2. The molecule has 140 valence electrons. The van der Waals surface area contributed by atoms with E-state index in [0.717, 1.165) is 10.6 Å². The average molecular weight is 389 g/mol. The maximum Gasteiger partial charge on any atom is 0.407 e. The number of aromatic nitrogens is 1. The van der Waals surface area contributed by atoms with E-state index < -0.39 is 6.09 Å². The minimum atomic E-state index is -0.475. The van der Waals surface area contributed by atoms with Crippen LogP contribution < -0.4 is 11.1 Å². The van der Waals surface area contributed by atoms with E-state index in [1.807, 2.05) is 31.2 Å². The molecule has 0 atom stereocenters. The molecule has 1 aliphatic rings. The second kappa shape index (κ2) is 7.75. The molecule has 0 radical (unpaired) electrons. The third-order valence-electron chi connectivity index (χ3n) is 4.68. The molecular weight excluding hydrogens is 370 g/mol. The van der Waals surface area contributed by atoms with E-state index in [9.17, 15) is 4.79 Å². The van der Waals surface area contributed by atoms with Crippen LogP contribution in [0.1, 0.15) is 27.6 Å². The maximum absolute atomic E-state index is 12.1. The number of hydrogen-bond acceptors (Lipinski definition) is 5. The number of alkyl carbamates (subject to hydrolysis) is 1. The quantitative estimate of drug-likeness (QED) is 0.666. The van der Waals surface area contributed by atoms with Gasteiger partial charge < -0.3 is 15.8 Å². The number of benzene rings is 2. The lowest BCUT2D eigenvalue weighted by molar-refractivity contribution is 0.144. The smallest absolute Gasteiger partial charge is 0.407 e. The van der Waals surface area contributed by atoms with Crippen LogP contribution in [0.25, 0.3) is 11.1 Å².